The van der Waals surface area contributed by atoms with Crippen LogP contribution in [0.1, 0.15) is 0 Å². The third-order valence-electron chi connectivity index (χ3n) is 10.7. The molecule has 5 heteroatoms. The zero-order chi connectivity index (χ0) is 37.7. The van der Waals surface area contributed by atoms with Crippen LogP contribution in [0.2, 0.25) is 0 Å². The average Bonchev–Trinajstić information content (AvgIpc) is 3.69. The minimum absolute atomic E-state index is 0.628. The monoisotopic (exact) mass is 744 g/mol. The van der Waals surface area contributed by atoms with E-state index in [4.69, 9.17) is 19.9 Å². The van der Waals surface area contributed by atoms with Crippen LogP contribution in [0, 0.1) is 0 Å². The molecule has 0 N–H and O–H groups in total. The summed E-state index contributed by atoms with van der Waals surface area (Å²) in [5.41, 5.74) is 10.4. The predicted molar refractivity (Wildman–Crippen MR) is 238 cm³/mol. The van der Waals surface area contributed by atoms with E-state index in [9.17, 15) is 0 Å². The fraction of sp³-hybridized carbons (Fsp3) is 0. The number of aromatic nitrogens is 4. The molecule has 0 aliphatic rings. The van der Waals surface area contributed by atoms with Crippen LogP contribution in [-0.2, 0) is 0 Å². The van der Waals surface area contributed by atoms with Crippen molar-refractivity contribution in [3.05, 3.63) is 194 Å². The van der Waals surface area contributed by atoms with Gasteiger partial charge < -0.3 is 0 Å². The van der Waals surface area contributed by atoms with Crippen LogP contribution < -0.4 is 0 Å². The van der Waals surface area contributed by atoms with Crippen LogP contribution in [0.15, 0.2) is 194 Å². The number of fused-ring (bicyclic) bond motifs is 7. The van der Waals surface area contributed by atoms with Crippen molar-refractivity contribution >= 4 is 53.2 Å². The van der Waals surface area contributed by atoms with E-state index in [1.807, 2.05) is 47.7 Å². The molecule has 0 unspecified atom stereocenters. The van der Waals surface area contributed by atoms with E-state index in [0.29, 0.717) is 17.5 Å². The summed E-state index contributed by atoms with van der Waals surface area (Å²) < 4.78 is 2.54. The molecule has 266 valence electrons. The highest BCUT2D eigenvalue weighted by molar-refractivity contribution is 7.26. The van der Waals surface area contributed by atoms with Gasteiger partial charge in [-0.05, 0) is 45.8 Å². The maximum atomic E-state index is 5.49. The first-order chi connectivity index (χ1) is 28.2. The Balaban J connectivity index is 1.01. The van der Waals surface area contributed by atoms with E-state index < -0.39 is 0 Å². The number of benzene rings is 8. The number of hydrogen-bond donors (Lipinski definition) is 0. The lowest BCUT2D eigenvalue weighted by molar-refractivity contribution is 1.07. The average molecular weight is 745 g/mol. The summed E-state index contributed by atoms with van der Waals surface area (Å²) in [6.45, 7) is 0. The number of rotatable bonds is 6. The topological polar surface area (TPSA) is 51.6 Å². The van der Waals surface area contributed by atoms with Crippen molar-refractivity contribution in [3.63, 3.8) is 0 Å². The summed E-state index contributed by atoms with van der Waals surface area (Å²) in [7, 11) is 0. The van der Waals surface area contributed by atoms with Gasteiger partial charge in [0.15, 0.2) is 17.5 Å². The molecular formula is C52H32N4S. The van der Waals surface area contributed by atoms with E-state index in [1.165, 1.54) is 36.3 Å². The van der Waals surface area contributed by atoms with Crippen LogP contribution in [0.3, 0.4) is 0 Å². The first-order valence-corrected chi connectivity index (χ1v) is 19.9. The van der Waals surface area contributed by atoms with Crippen LogP contribution >= 0.6 is 11.3 Å². The van der Waals surface area contributed by atoms with Gasteiger partial charge in [0.1, 0.15) is 0 Å². The molecule has 0 spiro atoms. The van der Waals surface area contributed by atoms with Gasteiger partial charge >= 0.3 is 0 Å². The molecule has 0 fully saturated rings. The van der Waals surface area contributed by atoms with Gasteiger partial charge in [-0.2, -0.15) is 0 Å². The van der Waals surface area contributed by atoms with Crippen LogP contribution in [0.4, 0.5) is 0 Å². The number of thiophene rings is 1. The zero-order valence-corrected chi connectivity index (χ0v) is 31.5. The molecule has 0 aliphatic carbocycles. The second-order valence-corrected chi connectivity index (χ2v) is 15.3. The van der Waals surface area contributed by atoms with Crippen LogP contribution in [0.25, 0.3) is 110 Å². The molecule has 11 rings (SSSR count). The Hall–Kier alpha value is -7.34. The lowest BCUT2D eigenvalue weighted by Crippen LogP contribution is -2.00. The number of hydrogen-bond acceptors (Lipinski definition) is 5. The standard InChI is InChI=1S/C52H32N4S/c1-3-13-33(14-4-1)39-19-12-21-41(32-39)52-55-50(36-16-5-2-6-17-36)54-51(56-52)37-27-25-34(26-28-37)38-18-11-20-40(31-38)47-46-43-23-9-10-24-45(43)57-49(46)44-30-29-35-15-7-8-22-42(35)48(44)53-47/h1-32H. The lowest BCUT2D eigenvalue weighted by atomic mass is 9.97. The minimum atomic E-state index is 0.628. The quantitative estimate of drug-likeness (QED) is 0.159. The van der Waals surface area contributed by atoms with Gasteiger partial charge in [-0.1, -0.05) is 176 Å². The SMILES string of the molecule is c1ccc(-c2cccc(-c3nc(-c4ccccc4)nc(-c4ccc(-c5cccc(-c6nc7c8ccccc8ccc7c7sc8ccccc8c67)c5)cc4)n3)c2)cc1. The van der Waals surface area contributed by atoms with Gasteiger partial charge in [-0.3, -0.25) is 0 Å². The molecular weight excluding hydrogens is 713 g/mol. The first-order valence-electron chi connectivity index (χ1n) is 19.0. The third-order valence-corrected chi connectivity index (χ3v) is 11.9. The van der Waals surface area contributed by atoms with Gasteiger partial charge in [0.2, 0.25) is 0 Å². The van der Waals surface area contributed by atoms with E-state index in [0.717, 1.165) is 55.7 Å². The smallest absolute Gasteiger partial charge is 0.164 e. The van der Waals surface area contributed by atoms with Crippen molar-refractivity contribution in [2.24, 2.45) is 0 Å². The first kappa shape index (κ1) is 33.0. The Kier molecular flexibility index (Phi) is 7.97. The molecule has 0 atom stereocenters. The van der Waals surface area contributed by atoms with Crippen molar-refractivity contribution in [1.29, 1.82) is 0 Å². The van der Waals surface area contributed by atoms with E-state index >= 15 is 0 Å². The van der Waals surface area contributed by atoms with Crippen molar-refractivity contribution in [3.8, 4) is 67.7 Å². The predicted octanol–water partition coefficient (Wildman–Crippen LogP) is 13.9. The molecule has 8 aromatic carbocycles. The summed E-state index contributed by atoms with van der Waals surface area (Å²) in [5.74, 6) is 1.90. The normalized spacial score (nSPS) is 11.5. The van der Waals surface area contributed by atoms with E-state index in [-0.39, 0.29) is 0 Å². The Labute approximate surface area is 333 Å². The minimum Gasteiger partial charge on any atom is -0.246 e. The Morgan fingerprint density at radius 1 is 0.316 bits per heavy atom. The molecule has 0 bridgehead atoms. The number of nitrogens with zero attached hydrogens (tertiary/aromatic N) is 4. The van der Waals surface area contributed by atoms with Gasteiger partial charge in [0.25, 0.3) is 0 Å². The Morgan fingerprint density at radius 2 is 0.825 bits per heavy atom. The molecule has 0 aliphatic heterocycles. The Bertz CT molecular complexity index is 3280. The highest BCUT2D eigenvalue weighted by Gasteiger charge is 2.18. The maximum absolute atomic E-state index is 5.49. The van der Waals surface area contributed by atoms with Crippen molar-refractivity contribution in [2.75, 3.05) is 0 Å². The third kappa shape index (κ3) is 5.93. The highest BCUT2D eigenvalue weighted by Crippen LogP contribution is 2.44. The molecule has 0 radical (unpaired) electrons. The molecule has 57 heavy (non-hydrogen) atoms. The van der Waals surface area contributed by atoms with Crippen molar-refractivity contribution in [1.82, 2.24) is 19.9 Å². The summed E-state index contributed by atoms with van der Waals surface area (Å²) in [5, 5.41) is 6.01. The van der Waals surface area contributed by atoms with Crippen LogP contribution in [-0.4, -0.2) is 19.9 Å². The van der Waals surface area contributed by atoms with Crippen molar-refractivity contribution < 1.29 is 0 Å². The lowest BCUT2D eigenvalue weighted by Gasteiger charge is -2.12. The highest BCUT2D eigenvalue weighted by atomic mass is 32.1. The second-order valence-electron chi connectivity index (χ2n) is 14.2. The van der Waals surface area contributed by atoms with E-state index in [1.54, 1.807) is 0 Å². The van der Waals surface area contributed by atoms with Gasteiger partial charge in [-0.25, -0.2) is 19.9 Å². The molecule has 0 saturated carbocycles. The molecule has 3 heterocycles. The Morgan fingerprint density at radius 3 is 1.56 bits per heavy atom. The number of pyridine rings is 1. The van der Waals surface area contributed by atoms with E-state index in [2.05, 4.69) is 158 Å². The maximum Gasteiger partial charge on any atom is 0.164 e. The zero-order valence-electron chi connectivity index (χ0n) is 30.7. The summed E-state index contributed by atoms with van der Waals surface area (Å²) in [6, 6.07) is 67.9. The summed E-state index contributed by atoms with van der Waals surface area (Å²) >= 11 is 1.85. The fourth-order valence-electron chi connectivity index (χ4n) is 7.88. The second kappa shape index (κ2) is 13.7. The van der Waals surface area contributed by atoms with Crippen LogP contribution in [0.5, 0.6) is 0 Å². The van der Waals surface area contributed by atoms with Gasteiger partial charge in [-0.15, -0.1) is 11.3 Å². The molecule has 0 amide bonds. The molecule has 4 nitrogen and oxygen atoms in total. The molecule has 11 aromatic rings. The molecule has 0 saturated heterocycles. The summed E-state index contributed by atoms with van der Waals surface area (Å²) in [4.78, 5) is 20.5. The van der Waals surface area contributed by atoms with Crippen molar-refractivity contribution in [2.45, 2.75) is 0 Å². The molecule has 3 aromatic heterocycles. The largest absolute Gasteiger partial charge is 0.246 e. The van der Waals surface area contributed by atoms with Gasteiger partial charge in [0.05, 0.1) is 11.2 Å². The fourth-order valence-corrected chi connectivity index (χ4v) is 9.11. The summed E-state index contributed by atoms with van der Waals surface area (Å²) in [6.07, 6.45) is 0. The van der Waals surface area contributed by atoms with Gasteiger partial charge in [0, 0.05) is 53.2 Å².